The maximum absolute atomic E-state index is 5.33. The largest absolute Gasteiger partial charge is 0.375 e. The summed E-state index contributed by atoms with van der Waals surface area (Å²) in [4.78, 5) is 17.1. The molecule has 1 atom stereocenters. The molecule has 7 heteroatoms. The van der Waals surface area contributed by atoms with Gasteiger partial charge < -0.3 is 9.64 Å². The van der Waals surface area contributed by atoms with Crippen LogP contribution in [0.1, 0.15) is 35.1 Å². The predicted octanol–water partition coefficient (Wildman–Crippen LogP) is 4.11. The van der Waals surface area contributed by atoms with Crippen molar-refractivity contribution >= 4 is 38.7 Å². The quantitative estimate of drug-likeness (QED) is 0.694. The maximum Gasteiger partial charge on any atom is 0.141 e. The Kier molecular flexibility index (Phi) is 4.61. The van der Waals surface area contributed by atoms with E-state index in [0.29, 0.717) is 6.54 Å². The fourth-order valence-corrected chi connectivity index (χ4v) is 4.25. The lowest BCUT2D eigenvalue weighted by molar-refractivity contribution is 0.119. The highest BCUT2D eigenvalue weighted by atomic mass is 32.1. The van der Waals surface area contributed by atoms with E-state index in [1.165, 1.54) is 5.56 Å². The minimum atomic E-state index is 0.0335. The highest BCUT2D eigenvalue weighted by Crippen LogP contribution is 2.32. The molecule has 1 unspecified atom stereocenters. The number of rotatable bonds is 5. The van der Waals surface area contributed by atoms with Crippen LogP contribution < -0.4 is 4.90 Å². The first kappa shape index (κ1) is 16.3. The molecule has 0 amide bonds. The van der Waals surface area contributed by atoms with Crippen molar-refractivity contribution in [1.29, 1.82) is 0 Å². The van der Waals surface area contributed by atoms with Gasteiger partial charge in [0.2, 0.25) is 0 Å². The second-order valence-corrected chi connectivity index (χ2v) is 7.35. The van der Waals surface area contributed by atoms with Gasteiger partial charge in [-0.1, -0.05) is 0 Å². The van der Waals surface area contributed by atoms with Crippen molar-refractivity contribution in [1.82, 2.24) is 15.0 Å². The van der Waals surface area contributed by atoms with Crippen molar-refractivity contribution in [3.63, 3.8) is 0 Å². The van der Waals surface area contributed by atoms with Gasteiger partial charge >= 0.3 is 0 Å². The summed E-state index contributed by atoms with van der Waals surface area (Å²) in [5.41, 5.74) is 2.26. The second-order valence-electron chi connectivity index (χ2n) is 5.60. The number of aromatic nitrogens is 3. The van der Waals surface area contributed by atoms with Gasteiger partial charge in [0, 0.05) is 19.5 Å². The van der Waals surface area contributed by atoms with Crippen LogP contribution in [0.5, 0.6) is 0 Å². The van der Waals surface area contributed by atoms with E-state index in [-0.39, 0.29) is 6.10 Å². The van der Waals surface area contributed by atoms with E-state index in [1.807, 2.05) is 13.8 Å². The molecule has 0 spiro atoms. The third-order valence-corrected chi connectivity index (χ3v) is 5.79. The Bertz CT molecular complexity index is 827. The van der Waals surface area contributed by atoms with Crippen LogP contribution in [-0.2, 0) is 11.3 Å². The SMILES string of the molecule is COC(C)c1nc(CN(C)c2nc(C)nc3scc(C)c23)cs1. The van der Waals surface area contributed by atoms with Crippen LogP contribution in [0.15, 0.2) is 10.8 Å². The van der Waals surface area contributed by atoms with Gasteiger partial charge in [0.25, 0.3) is 0 Å². The van der Waals surface area contributed by atoms with Gasteiger partial charge in [-0.2, -0.15) is 0 Å². The molecular weight excluding hydrogens is 328 g/mol. The van der Waals surface area contributed by atoms with Gasteiger partial charge in [0.1, 0.15) is 27.6 Å². The van der Waals surface area contributed by atoms with Gasteiger partial charge in [-0.25, -0.2) is 15.0 Å². The number of fused-ring (bicyclic) bond motifs is 1. The van der Waals surface area contributed by atoms with Gasteiger partial charge in [-0.3, -0.25) is 0 Å². The first-order valence-corrected chi connectivity index (χ1v) is 9.16. The fourth-order valence-electron chi connectivity index (χ4n) is 2.44. The zero-order valence-corrected chi connectivity index (χ0v) is 15.6. The van der Waals surface area contributed by atoms with Gasteiger partial charge in [-0.05, 0) is 31.7 Å². The van der Waals surface area contributed by atoms with E-state index in [9.17, 15) is 0 Å². The number of methoxy groups -OCH3 is 1. The summed E-state index contributed by atoms with van der Waals surface area (Å²) in [5, 5.41) is 6.38. The summed E-state index contributed by atoms with van der Waals surface area (Å²) in [7, 11) is 3.76. The second kappa shape index (κ2) is 6.51. The molecule has 3 aromatic heterocycles. The summed E-state index contributed by atoms with van der Waals surface area (Å²) < 4.78 is 5.33. The number of thiazole rings is 1. The zero-order chi connectivity index (χ0) is 16.6. The van der Waals surface area contributed by atoms with Crippen LogP contribution in [0.4, 0.5) is 5.82 Å². The molecule has 0 N–H and O–H groups in total. The molecule has 0 aliphatic carbocycles. The highest BCUT2D eigenvalue weighted by Gasteiger charge is 2.16. The first-order valence-electron chi connectivity index (χ1n) is 7.40. The summed E-state index contributed by atoms with van der Waals surface area (Å²) in [6.07, 6.45) is 0.0335. The minimum Gasteiger partial charge on any atom is -0.375 e. The maximum atomic E-state index is 5.33. The molecule has 3 heterocycles. The topological polar surface area (TPSA) is 51.1 Å². The molecular formula is C16H20N4OS2. The average Bonchev–Trinajstić information content (AvgIpc) is 3.13. The molecule has 0 bridgehead atoms. The molecule has 0 aromatic carbocycles. The van der Waals surface area contributed by atoms with Crippen LogP contribution in [0.25, 0.3) is 10.2 Å². The molecule has 23 heavy (non-hydrogen) atoms. The highest BCUT2D eigenvalue weighted by molar-refractivity contribution is 7.17. The Hall–Kier alpha value is -1.57. The van der Waals surface area contributed by atoms with Crippen LogP contribution >= 0.6 is 22.7 Å². The van der Waals surface area contributed by atoms with Crippen molar-refractivity contribution in [2.24, 2.45) is 0 Å². The molecule has 0 aliphatic rings. The Morgan fingerprint density at radius 2 is 1.96 bits per heavy atom. The van der Waals surface area contributed by atoms with Crippen molar-refractivity contribution in [3.05, 3.63) is 32.8 Å². The zero-order valence-electron chi connectivity index (χ0n) is 14.0. The molecule has 3 aromatic rings. The van der Waals surface area contributed by atoms with Gasteiger partial charge in [0.15, 0.2) is 0 Å². The number of hydrogen-bond acceptors (Lipinski definition) is 7. The number of thiophene rings is 1. The minimum absolute atomic E-state index is 0.0335. The summed E-state index contributed by atoms with van der Waals surface area (Å²) >= 11 is 3.31. The third-order valence-electron chi connectivity index (χ3n) is 3.74. The van der Waals surface area contributed by atoms with Crippen LogP contribution in [-0.4, -0.2) is 29.1 Å². The number of aryl methyl sites for hydroxylation is 2. The molecule has 0 aliphatic heterocycles. The van der Waals surface area contributed by atoms with E-state index in [2.05, 4.69) is 44.6 Å². The summed E-state index contributed by atoms with van der Waals surface area (Å²) in [6.45, 7) is 6.77. The van der Waals surface area contributed by atoms with Crippen LogP contribution in [0.2, 0.25) is 0 Å². The average molecular weight is 348 g/mol. The van der Waals surface area contributed by atoms with Crippen molar-refractivity contribution in [2.45, 2.75) is 33.4 Å². The van der Waals surface area contributed by atoms with Crippen molar-refractivity contribution < 1.29 is 4.74 Å². The molecule has 5 nitrogen and oxygen atoms in total. The molecule has 122 valence electrons. The number of anilines is 1. The summed E-state index contributed by atoms with van der Waals surface area (Å²) in [5.74, 6) is 1.77. The Balaban J connectivity index is 1.90. The summed E-state index contributed by atoms with van der Waals surface area (Å²) in [6, 6.07) is 0. The van der Waals surface area contributed by atoms with E-state index >= 15 is 0 Å². The van der Waals surface area contributed by atoms with E-state index in [4.69, 9.17) is 4.74 Å². The number of nitrogens with zero attached hydrogens (tertiary/aromatic N) is 4. The molecule has 0 fully saturated rings. The van der Waals surface area contributed by atoms with Crippen molar-refractivity contribution in [3.8, 4) is 0 Å². The standard InChI is InChI=1S/C16H20N4OS2/c1-9-7-22-16-13(9)14(17-11(3)18-16)20(4)6-12-8-23-15(19-12)10(2)21-5/h7-8,10H,6H2,1-5H3. The van der Waals surface area contributed by atoms with Gasteiger partial charge in [0.05, 0.1) is 17.6 Å². The smallest absolute Gasteiger partial charge is 0.141 e. The number of hydrogen-bond donors (Lipinski definition) is 0. The monoisotopic (exact) mass is 348 g/mol. The molecule has 0 radical (unpaired) electrons. The lowest BCUT2D eigenvalue weighted by atomic mass is 10.2. The van der Waals surface area contributed by atoms with E-state index < -0.39 is 0 Å². The molecule has 0 saturated heterocycles. The third kappa shape index (κ3) is 3.22. The molecule has 3 rings (SSSR count). The fraction of sp³-hybridized carbons (Fsp3) is 0.438. The first-order chi connectivity index (χ1) is 11.0. The van der Waals surface area contributed by atoms with E-state index in [0.717, 1.165) is 32.6 Å². The Morgan fingerprint density at radius 3 is 2.70 bits per heavy atom. The normalized spacial score (nSPS) is 12.7. The van der Waals surface area contributed by atoms with Crippen LogP contribution in [0.3, 0.4) is 0 Å². The van der Waals surface area contributed by atoms with Gasteiger partial charge in [-0.15, -0.1) is 22.7 Å². The lowest BCUT2D eigenvalue weighted by Crippen LogP contribution is -2.19. The Labute approximate surface area is 144 Å². The van der Waals surface area contributed by atoms with Crippen molar-refractivity contribution in [2.75, 3.05) is 19.1 Å². The van der Waals surface area contributed by atoms with Crippen LogP contribution in [0, 0.1) is 13.8 Å². The lowest BCUT2D eigenvalue weighted by Gasteiger charge is -2.18. The Morgan fingerprint density at radius 1 is 1.17 bits per heavy atom. The predicted molar refractivity (Wildman–Crippen MR) is 96.5 cm³/mol. The number of ether oxygens (including phenoxy) is 1. The van der Waals surface area contributed by atoms with E-state index in [1.54, 1.807) is 29.8 Å². The molecule has 0 saturated carbocycles.